The summed E-state index contributed by atoms with van der Waals surface area (Å²) in [5.74, 6) is 0.760. The highest BCUT2D eigenvalue weighted by Gasteiger charge is 2.25. The van der Waals surface area contributed by atoms with Crippen molar-refractivity contribution < 1.29 is 9.53 Å². The van der Waals surface area contributed by atoms with Crippen LogP contribution in [0.4, 0.5) is 0 Å². The third kappa shape index (κ3) is 4.92. The molecule has 1 fully saturated rings. The largest absolute Gasteiger partial charge is 0.385 e. The summed E-state index contributed by atoms with van der Waals surface area (Å²) in [7, 11) is 1.67. The zero-order valence-corrected chi connectivity index (χ0v) is 11.7. The Balaban J connectivity index is 2.22. The Morgan fingerprint density at radius 2 is 2.17 bits per heavy atom. The predicted molar refractivity (Wildman–Crippen MR) is 72.3 cm³/mol. The van der Waals surface area contributed by atoms with Gasteiger partial charge in [0.15, 0.2) is 0 Å². The summed E-state index contributed by atoms with van der Waals surface area (Å²) in [6, 6.07) is -0.0359. The number of likely N-dealkylation sites (tertiary alicyclic amines) is 1. The van der Waals surface area contributed by atoms with E-state index in [9.17, 15) is 4.79 Å². The van der Waals surface area contributed by atoms with E-state index < -0.39 is 0 Å². The molecule has 18 heavy (non-hydrogen) atoms. The van der Waals surface area contributed by atoms with Gasteiger partial charge in [-0.3, -0.25) is 9.69 Å². The number of carbonyl (C=O) groups excluding carboxylic acids is 1. The maximum absolute atomic E-state index is 11.9. The molecule has 1 aliphatic heterocycles. The average molecular weight is 257 g/mol. The Morgan fingerprint density at radius 1 is 1.50 bits per heavy atom. The second kappa shape index (κ2) is 8.45. The number of nitrogens with zero attached hydrogens (tertiary/aromatic N) is 1. The van der Waals surface area contributed by atoms with Gasteiger partial charge in [-0.05, 0) is 51.7 Å². The molecule has 106 valence electrons. The number of methoxy groups -OCH3 is 1. The van der Waals surface area contributed by atoms with Crippen LogP contribution in [-0.4, -0.2) is 56.7 Å². The van der Waals surface area contributed by atoms with Crippen molar-refractivity contribution in [3.05, 3.63) is 0 Å². The van der Waals surface area contributed by atoms with Crippen LogP contribution < -0.4 is 11.1 Å². The van der Waals surface area contributed by atoms with Crippen LogP contribution in [0, 0.1) is 5.92 Å². The number of piperidine rings is 1. The number of nitrogens with two attached hydrogens (primary N) is 1. The van der Waals surface area contributed by atoms with E-state index >= 15 is 0 Å². The third-order valence-electron chi connectivity index (χ3n) is 3.73. The first-order valence-electron chi connectivity index (χ1n) is 6.89. The molecule has 0 saturated carbocycles. The van der Waals surface area contributed by atoms with E-state index in [1.807, 2.05) is 6.92 Å². The topological polar surface area (TPSA) is 67.6 Å². The van der Waals surface area contributed by atoms with Gasteiger partial charge in [0.05, 0.1) is 6.04 Å². The van der Waals surface area contributed by atoms with Crippen molar-refractivity contribution >= 4 is 5.91 Å². The van der Waals surface area contributed by atoms with Crippen LogP contribution >= 0.6 is 0 Å². The first-order chi connectivity index (χ1) is 8.69. The number of ether oxygens (including phenoxy) is 1. The molecule has 1 amide bonds. The zero-order valence-electron chi connectivity index (χ0n) is 11.7. The fraction of sp³-hybridized carbons (Fsp3) is 0.923. The highest BCUT2D eigenvalue weighted by atomic mass is 16.5. The standard InChI is InChI=1S/C13H27N3O2/c1-11(13(17)15-6-3-9-18-2)16-7-4-12(10-14)5-8-16/h11-12H,3-10,14H2,1-2H3,(H,15,17). The number of carbonyl (C=O) groups is 1. The van der Waals surface area contributed by atoms with Crippen molar-refractivity contribution in [3.63, 3.8) is 0 Å². The van der Waals surface area contributed by atoms with Crippen molar-refractivity contribution in [2.24, 2.45) is 11.7 Å². The van der Waals surface area contributed by atoms with Crippen molar-refractivity contribution in [1.82, 2.24) is 10.2 Å². The maximum atomic E-state index is 11.9. The minimum atomic E-state index is -0.0359. The third-order valence-corrected chi connectivity index (χ3v) is 3.73. The first kappa shape index (κ1) is 15.4. The Labute approximate surface area is 110 Å². The van der Waals surface area contributed by atoms with Gasteiger partial charge in [0.25, 0.3) is 0 Å². The molecule has 5 heteroatoms. The van der Waals surface area contributed by atoms with Crippen molar-refractivity contribution in [2.45, 2.75) is 32.2 Å². The normalized spacial score (nSPS) is 19.7. The Kier molecular flexibility index (Phi) is 7.23. The van der Waals surface area contributed by atoms with Gasteiger partial charge in [0.2, 0.25) is 5.91 Å². The van der Waals surface area contributed by atoms with Gasteiger partial charge >= 0.3 is 0 Å². The molecule has 1 saturated heterocycles. The van der Waals surface area contributed by atoms with Crippen LogP contribution in [0.15, 0.2) is 0 Å². The van der Waals surface area contributed by atoms with E-state index in [2.05, 4.69) is 10.2 Å². The van der Waals surface area contributed by atoms with Crippen LogP contribution in [-0.2, 0) is 9.53 Å². The molecule has 5 nitrogen and oxygen atoms in total. The molecule has 0 aromatic rings. The molecular weight excluding hydrogens is 230 g/mol. The highest BCUT2D eigenvalue weighted by Crippen LogP contribution is 2.17. The summed E-state index contributed by atoms with van der Waals surface area (Å²) in [6.07, 6.45) is 3.08. The van der Waals surface area contributed by atoms with Gasteiger partial charge in [-0.25, -0.2) is 0 Å². The van der Waals surface area contributed by atoms with E-state index in [0.29, 0.717) is 19.1 Å². The van der Waals surface area contributed by atoms with Gasteiger partial charge in [-0.2, -0.15) is 0 Å². The molecule has 0 spiro atoms. The summed E-state index contributed by atoms with van der Waals surface area (Å²) in [5.41, 5.74) is 5.67. The lowest BCUT2D eigenvalue weighted by atomic mass is 9.96. The Hall–Kier alpha value is -0.650. The molecule has 0 radical (unpaired) electrons. The lowest BCUT2D eigenvalue weighted by Gasteiger charge is -2.34. The molecule has 1 unspecified atom stereocenters. The summed E-state index contributed by atoms with van der Waals surface area (Å²) in [5, 5.41) is 2.95. The predicted octanol–water partition coefficient (Wildman–Crippen LogP) is 0.198. The molecule has 3 N–H and O–H groups in total. The molecule has 1 aliphatic rings. The molecule has 1 atom stereocenters. The lowest BCUT2D eigenvalue weighted by molar-refractivity contribution is -0.126. The number of nitrogens with one attached hydrogen (secondary N) is 1. The van der Waals surface area contributed by atoms with Crippen LogP contribution in [0.25, 0.3) is 0 Å². The Morgan fingerprint density at radius 3 is 2.72 bits per heavy atom. The summed E-state index contributed by atoms with van der Waals surface area (Å²) in [6.45, 7) is 6.09. The van der Waals surface area contributed by atoms with Crippen LogP contribution in [0.3, 0.4) is 0 Å². The molecule has 1 heterocycles. The van der Waals surface area contributed by atoms with Crippen molar-refractivity contribution in [3.8, 4) is 0 Å². The van der Waals surface area contributed by atoms with Gasteiger partial charge in [0, 0.05) is 20.3 Å². The Bertz CT molecular complexity index is 240. The van der Waals surface area contributed by atoms with Gasteiger partial charge < -0.3 is 15.8 Å². The van der Waals surface area contributed by atoms with E-state index in [1.54, 1.807) is 7.11 Å². The molecule has 0 aromatic heterocycles. The molecule has 0 aromatic carbocycles. The van der Waals surface area contributed by atoms with Crippen LogP contribution in [0.1, 0.15) is 26.2 Å². The van der Waals surface area contributed by atoms with Gasteiger partial charge in [-0.15, -0.1) is 0 Å². The van der Waals surface area contributed by atoms with E-state index in [4.69, 9.17) is 10.5 Å². The molecule has 0 aliphatic carbocycles. The van der Waals surface area contributed by atoms with Crippen molar-refractivity contribution in [1.29, 1.82) is 0 Å². The number of rotatable bonds is 7. The fourth-order valence-electron chi connectivity index (χ4n) is 2.32. The number of hydrogen-bond donors (Lipinski definition) is 2. The smallest absolute Gasteiger partial charge is 0.237 e. The highest BCUT2D eigenvalue weighted by molar-refractivity contribution is 5.81. The molecule has 0 bridgehead atoms. The van der Waals surface area contributed by atoms with E-state index in [-0.39, 0.29) is 11.9 Å². The summed E-state index contributed by atoms with van der Waals surface area (Å²) in [4.78, 5) is 14.2. The molecule has 1 rings (SSSR count). The summed E-state index contributed by atoms with van der Waals surface area (Å²) >= 11 is 0. The van der Waals surface area contributed by atoms with E-state index in [0.717, 1.165) is 38.9 Å². The van der Waals surface area contributed by atoms with Crippen molar-refractivity contribution in [2.75, 3.05) is 39.9 Å². The second-order valence-corrected chi connectivity index (χ2v) is 5.03. The SMILES string of the molecule is COCCCNC(=O)C(C)N1CCC(CN)CC1. The second-order valence-electron chi connectivity index (χ2n) is 5.03. The van der Waals surface area contributed by atoms with Gasteiger partial charge in [0.1, 0.15) is 0 Å². The van der Waals surface area contributed by atoms with Crippen LogP contribution in [0.2, 0.25) is 0 Å². The van der Waals surface area contributed by atoms with Crippen LogP contribution in [0.5, 0.6) is 0 Å². The number of amides is 1. The average Bonchev–Trinajstić information content (AvgIpc) is 2.42. The zero-order chi connectivity index (χ0) is 13.4. The summed E-state index contributed by atoms with van der Waals surface area (Å²) < 4.78 is 4.95. The molecular formula is C13H27N3O2. The first-order valence-corrected chi connectivity index (χ1v) is 6.89. The quantitative estimate of drug-likeness (QED) is 0.639. The number of hydrogen-bond acceptors (Lipinski definition) is 4. The maximum Gasteiger partial charge on any atom is 0.237 e. The minimum absolute atomic E-state index is 0.0359. The van der Waals surface area contributed by atoms with E-state index in [1.165, 1.54) is 0 Å². The van der Waals surface area contributed by atoms with Gasteiger partial charge in [-0.1, -0.05) is 0 Å². The monoisotopic (exact) mass is 257 g/mol. The fourth-order valence-corrected chi connectivity index (χ4v) is 2.32. The minimum Gasteiger partial charge on any atom is -0.385 e. The lowest BCUT2D eigenvalue weighted by Crippen LogP contribution is -2.49.